The van der Waals surface area contributed by atoms with Gasteiger partial charge >= 0.3 is 5.97 Å². The second-order valence-corrected chi connectivity index (χ2v) is 6.45. The van der Waals surface area contributed by atoms with Crippen LogP contribution in [0.1, 0.15) is 38.1 Å². The summed E-state index contributed by atoms with van der Waals surface area (Å²) in [7, 11) is 0. The standard InChI is InChI=1S/C15H15N3O4.C4H10/c1-9(15(21)22)18-13(19)8-17-14(20)12-7-16-6-10-4-2-3-5-11(10)12;1-4(2)3/h2-7,9H,8H2,1H3,(H,17,20)(H,18,19)(H,21,22);4H,1-3H3/t9-;/m0./s1. The number of fused-ring (bicyclic) bond motifs is 1. The summed E-state index contributed by atoms with van der Waals surface area (Å²) in [5.41, 5.74) is 0.359. The summed E-state index contributed by atoms with van der Waals surface area (Å²) in [5, 5.41) is 14.9. The van der Waals surface area contributed by atoms with Crippen molar-refractivity contribution in [1.82, 2.24) is 15.6 Å². The molecule has 7 nitrogen and oxygen atoms in total. The number of aromatic nitrogens is 1. The summed E-state index contributed by atoms with van der Waals surface area (Å²) in [6, 6.07) is 6.26. The van der Waals surface area contributed by atoms with Crippen LogP contribution in [0.25, 0.3) is 10.8 Å². The lowest BCUT2D eigenvalue weighted by molar-refractivity contribution is -0.141. The normalized spacial score (nSPS) is 11.3. The highest BCUT2D eigenvalue weighted by molar-refractivity contribution is 6.07. The molecule has 1 heterocycles. The van der Waals surface area contributed by atoms with Gasteiger partial charge in [-0.05, 0) is 18.2 Å². The van der Waals surface area contributed by atoms with Gasteiger partial charge in [0, 0.05) is 17.8 Å². The predicted molar refractivity (Wildman–Crippen MR) is 99.8 cm³/mol. The average molecular weight is 359 g/mol. The largest absolute Gasteiger partial charge is 0.480 e. The van der Waals surface area contributed by atoms with E-state index in [1.54, 1.807) is 18.3 Å². The van der Waals surface area contributed by atoms with E-state index in [1.807, 2.05) is 12.1 Å². The first-order valence-corrected chi connectivity index (χ1v) is 8.35. The number of benzene rings is 1. The van der Waals surface area contributed by atoms with Crippen LogP contribution in [0.5, 0.6) is 0 Å². The SMILES string of the molecule is CC(C)C.C[C@H](NC(=O)CNC(=O)c1cncc2ccccc12)C(=O)O. The van der Waals surface area contributed by atoms with E-state index in [0.717, 1.165) is 16.7 Å². The molecule has 0 unspecified atom stereocenters. The van der Waals surface area contributed by atoms with Gasteiger partial charge in [-0.3, -0.25) is 19.4 Å². The molecular weight excluding hydrogens is 334 g/mol. The molecule has 0 aliphatic carbocycles. The fraction of sp³-hybridized carbons (Fsp3) is 0.368. The summed E-state index contributed by atoms with van der Waals surface area (Å²) in [5.74, 6) is -1.32. The van der Waals surface area contributed by atoms with Gasteiger partial charge in [0.2, 0.25) is 5.91 Å². The first kappa shape index (κ1) is 21.1. The van der Waals surface area contributed by atoms with E-state index in [2.05, 4.69) is 36.4 Å². The third kappa shape index (κ3) is 6.88. The van der Waals surface area contributed by atoms with Gasteiger partial charge in [0.25, 0.3) is 5.91 Å². The molecule has 2 aromatic rings. The number of carboxylic acid groups (broad SMARTS) is 1. The molecule has 3 N–H and O–H groups in total. The van der Waals surface area contributed by atoms with E-state index >= 15 is 0 Å². The van der Waals surface area contributed by atoms with Crippen molar-refractivity contribution in [3.05, 3.63) is 42.2 Å². The van der Waals surface area contributed by atoms with Crippen LogP contribution in [0.3, 0.4) is 0 Å². The van der Waals surface area contributed by atoms with Crippen LogP contribution in [0.4, 0.5) is 0 Å². The van der Waals surface area contributed by atoms with E-state index in [4.69, 9.17) is 5.11 Å². The molecule has 0 radical (unpaired) electrons. The van der Waals surface area contributed by atoms with Gasteiger partial charge in [-0.15, -0.1) is 0 Å². The monoisotopic (exact) mass is 359 g/mol. The van der Waals surface area contributed by atoms with Crippen molar-refractivity contribution in [3.63, 3.8) is 0 Å². The van der Waals surface area contributed by atoms with E-state index < -0.39 is 23.8 Å². The minimum absolute atomic E-state index is 0.306. The minimum atomic E-state index is -1.14. The van der Waals surface area contributed by atoms with Gasteiger partial charge in [0.1, 0.15) is 6.04 Å². The first-order valence-electron chi connectivity index (χ1n) is 8.35. The highest BCUT2D eigenvalue weighted by atomic mass is 16.4. The Kier molecular flexibility index (Phi) is 8.21. The Hall–Kier alpha value is -2.96. The molecule has 0 aliphatic heterocycles. The minimum Gasteiger partial charge on any atom is -0.480 e. The molecule has 1 atom stereocenters. The zero-order valence-electron chi connectivity index (χ0n) is 15.4. The molecule has 2 amide bonds. The Balaban J connectivity index is 0.000000765. The van der Waals surface area contributed by atoms with Gasteiger partial charge in [0.05, 0.1) is 12.1 Å². The number of rotatable bonds is 5. The number of carboxylic acids is 1. The van der Waals surface area contributed by atoms with Crippen LogP contribution < -0.4 is 10.6 Å². The van der Waals surface area contributed by atoms with Crippen LogP contribution in [-0.2, 0) is 9.59 Å². The third-order valence-electron chi connectivity index (χ3n) is 3.07. The molecule has 0 aliphatic rings. The molecule has 0 saturated heterocycles. The number of carbonyl (C=O) groups is 3. The molecule has 0 spiro atoms. The first-order chi connectivity index (χ1) is 12.2. The number of hydrogen-bond donors (Lipinski definition) is 3. The van der Waals surface area contributed by atoms with Crippen LogP contribution in [0.15, 0.2) is 36.7 Å². The van der Waals surface area contributed by atoms with Crippen molar-refractivity contribution in [2.75, 3.05) is 6.54 Å². The van der Waals surface area contributed by atoms with Crippen molar-refractivity contribution >= 4 is 28.6 Å². The molecule has 1 aromatic carbocycles. The molecule has 0 bridgehead atoms. The maximum Gasteiger partial charge on any atom is 0.325 e. The number of nitrogens with one attached hydrogen (secondary N) is 2. The number of amides is 2. The Labute approximate surface area is 152 Å². The highest BCUT2D eigenvalue weighted by Crippen LogP contribution is 2.16. The fourth-order valence-corrected chi connectivity index (χ4v) is 1.91. The second kappa shape index (κ2) is 10.1. The molecule has 0 saturated carbocycles. The van der Waals surface area contributed by atoms with Crippen molar-refractivity contribution < 1.29 is 19.5 Å². The number of nitrogens with zero attached hydrogens (tertiary/aromatic N) is 1. The molecule has 7 heteroatoms. The molecule has 0 fully saturated rings. The summed E-state index contributed by atoms with van der Waals surface area (Å²) >= 11 is 0. The Morgan fingerprint density at radius 1 is 1.08 bits per heavy atom. The second-order valence-electron chi connectivity index (χ2n) is 6.45. The quantitative estimate of drug-likeness (QED) is 0.758. The maximum atomic E-state index is 12.1. The third-order valence-corrected chi connectivity index (χ3v) is 3.07. The number of aliphatic carboxylic acids is 1. The lowest BCUT2D eigenvalue weighted by Gasteiger charge is -2.10. The lowest BCUT2D eigenvalue weighted by atomic mass is 10.1. The van der Waals surface area contributed by atoms with Crippen molar-refractivity contribution in [2.45, 2.75) is 33.7 Å². The van der Waals surface area contributed by atoms with Crippen molar-refractivity contribution in [2.24, 2.45) is 5.92 Å². The van der Waals surface area contributed by atoms with Gasteiger partial charge in [-0.2, -0.15) is 0 Å². The topological polar surface area (TPSA) is 108 Å². The summed E-state index contributed by atoms with van der Waals surface area (Å²) in [6.45, 7) is 7.54. The van der Waals surface area contributed by atoms with Crippen molar-refractivity contribution in [1.29, 1.82) is 0 Å². The molecule has 140 valence electrons. The summed E-state index contributed by atoms with van der Waals surface area (Å²) in [6.07, 6.45) is 3.07. The summed E-state index contributed by atoms with van der Waals surface area (Å²) < 4.78 is 0. The van der Waals surface area contributed by atoms with Gasteiger partial charge in [-0.25, -0.2) is 0 Å². The molecule has 26 heavy (non-hydrogen) atoms. The number of carbonyl (C=O) groups excluding carboxylic acids is 2. The predicted octanol–water partition coefficient (Wildman–Crippen LogP) is 2.22. The molecule has 1 aromatic heterocycles. The number of hydrogen-bond acceptors (Lipinski definition) is 4. The van der Waals surface area contributed by atoms with E-state index in [-0.39, 0.29) is 6.54 Å². The fourth-order valence-electron chi connectivity index (χ4n) is 1.91. The van der Waals surface area contributed by atoms with E-state index in [0.29, 0.717) is 5.56 Å². The average Bonchev–Trinajstić information content (AvgIpc) is 2.58. The summed E-state index contributed by atoms with van der Waals surface area (Å²) in [4.78, 5) is 38.3. The van der Waals surface area contributed by atoms with E-state index in [1.165, 1.54) is 13.1 Å². The van der Waals surface area contributed by atoms with Gasteiger partial charge < -0.3 is 15.7 Å². The highest BCUT2D eigenvalue weighted by Gasteiger charge is 2.15. The van der Waals surface area contributed by atoms with Crippen LogP contribution in [-0.4, -0.2) is 40.5 Å². The Morgan fingerprint density at radius 2 is 1.69 bits per heavy atom. The number of pyridine rings is 1. The zero-order chi connectivity index (χ0) is 19.7. The van der Waals surface area contributed by atoms with Crippen LogP contribution in [0, 0.1) is 5.92 Å². The van der Waals surface area contributed by atoms with Gasteiger partial charge in [-0.1, -0.05) is 45.0 Å². The van der Waals surface area contributed by atoms with Gasteiger partial charge in [0.15, 0.2) is 0 Å². The van der Waals surface area contributed by atoms with Crippen LogP contribution >= 0.6 is 0 Å². The Morgan fingerprint density at radius 3 is 2.31 bits per heavy atom. The maximum absolute atomic E-state index is 12.1. The Bertz CT molecular complexity index is 766. The zero-order valence-corrected chi connectivity index (χ0v) is 15.4. The lowest BCUT2D eigenvalue weighted by Crippen LogP contribution is -2.44. The molecule has 2 rings (SSSR count). The molecular formula is C19H25N3O4. The van der Waals surface area contributed by atoms with Crippen LogP contribution in [0.2, 0.25) is 0 Å². The van der Waals surface area contributed by atoms with Crippen molar-refractivity contribution in [3.8, 4) is 0 Å². The van der Waals surface area contributed by atoms with E-state index in [9.17, 15) is 14.4 Å². The smallest absolute Gasteiger partial charge is 0.325 e.